The van der Waals surface area contributed by atoms with E-state index in [1.807, 2.05) is 52.2 Å². The van der Waals surface area contributed by atoms with E-state index < -0.39 is 15.3 Å². The standard InChI is InChI=1S/C6H7.C6H10.C2H7N.4CH3.Ti/c1-6-4-2-3-5-6;1-3-5-6-4-2;1-3-2;;;;;/h2,4H,3H2,1H3;3-6H,1-2H3;3H,1-2H3;4*1H3;. The molecule has 1 rings (SSSR count). The molecule has 0 radical (unpaired) electrons. The van der Waals surface area contributed by atoms with E-state index in [1.54, 1.807) is 3.88 Å². The van der Waals surface area contributed by atoms with E-state index in [0.29, 0.717) is 0 Å². The van der Waals surface area contributed by atoms with Gasteiger partial charge in [0, 0.05) is 0 Å². The second kappa shape index (κ2) is 10.4. The van der Waals surface area contributed by atoms with Gasteiger partial charge in [-0.15, -0.1) is 0 Å². The second-order valence-electron chi connectivity index (χ2n) is 7.32. The first-order valence-electron chi connectivity index (χ1n) is 7.54. The van der Waals surface area contributed by atoms with Gasteiger partial charge in [0.2, 0.25) is 0 Å². The molecule has 1 aliphatic carbocycles. The van der Waals surface area contributed by atoms with Crippen LogP contribution >= 0.6 is 0 Å². The van der Waals surface area contributed by atoms with Gasteiger partial charge in [-0.1, -0.05) is 24.3 Å². The fourth-order valence-electron chi connectivity index (χ4n) is 2.03. The van der Waals surface area contributed by atoms with Gasteiger partial charge in [-0.25, -0.2) is 0 Å². The van der Waals surface area contributed by atoms with Gasteiger partial charge in [-0.05, 0) is 27.9 Å². The average molecular weight is 314 g/mol. The number of rotatable bonds is 2. The van der Waals surface area contributed by atoms with E-state index in [4.69, 9.17) is 0 Å². The molecule has 0 aromatic carbocycles. The Morgan fingerprint density at radius 2 is 1.40 bits per heavy atom. The topological polar surface area (TPSA) is 12.0 Å². The van der Waals surface area contributed by atoms with E-state index in [0.717, 1.165) is 0 Å². The van der Waals surface area contributed by atoms with Crippen molar-refractivity contribution in [2.45, 2.75) is 48.1 Å². The summed E-state index contributed by atoms with van der Waals surface area (Å²) in [5.41, 5.74) is 1.54. The van der Waals surface area contributed by atoms with Gasteiger partial charge < -0.3 is 5.32 Å². The van der Waals surface area contributed by atoms with Crippen LogP contribution in [0.5, 0.6) is 0 Å². The first kappa shape index (κ1) is 21.9. The number of hydrogen-bond acceptors (Lipinski definition) is 1. The second-order valence-corrected chi connectivity index (χ2v) is 20.8. The van der Waals surface area contributed by atoms with Crippen LogP contribution in [-0.4, -0.2) is 14.1 Å². The molecule has 0 aliphatic heterocycles. The molecule has 20 heavy (non-hydrogen) atoms. The van der Waals surface area contributed by atoms with E-state index in [9.17, 15) is 0 Å². The van der Waals surface area contributed by atoms with Crippen LogP contribution in [0.3, 0.4) is 0 Å². The Hall–Kier alpha value is -0.366. The summed E-state index contributed by atoms with van der Waals surface area (Å²) in [5, 5.41) is 12.7. The first-order valence-corrected chi connectivity index (χ1v) is 14.6. The van der Waals surface area contributed by atoms with Crippen molar-refractivity contribution in [3.8, 4) is 0 Å². The third-order valence-corrected chi connectivity index (χ3v) is 7.57. The van der Waals surface area contributed by atoms with Crippen LogP contribution in [0, 0.1) is 0 Å². The predicted molar refractivity (Wildman–Crippen MR) is 94.5 cm³/mol. The summed E-state index contributed by atoms with van der Waals surface area (Å²) in [6.07, 6.45) is 13.8. The largest absolute Gasteiger partial charge is 0.323 e. The van der Waals surface area contributed by atoms with Crippen molar-refractivity contribution >= 4 is 0 Å². The fourth-order valence-corrected chi connectivity index (χ4v) is 6.09. The van der Waals surface area contributed by atoms with Crippen molar-refractivity contribution < 1.29 is 15.3 Å². The van der Waals surface area contributed by atoms with Crippen molar-refractivity contribution in [1.29, 1.82) is 0 Å². The molecule has 1 aliphatic rings. The van der Waals surface area contributed by atoms with Crippen molar-refractivity contribution in [1.82, 2.24) is 5.32 Å². The molecule has 2 heteroatoms. The molecule has 1 nitrogen and oxygen atoms in total. The van der Waals surface area contributed by atoms with E-state index in [1.165, 1.54) is 12.0 Å². The number of allylic oxidation sites excluding steroid dienone is 8. The summed E-state index contributed by atoms with van der Waals surface area (Å²) in [4.78, 5) is 0. The Morgan fingerprint density at radius 1 is 1.00 bits per heavy atom. The molecule has 0 aromatic heterocycles. The molecule has 0 atom stereocenters. The minimum Gasteiger partial charge on any atom is -0.323 e. The van der Waals surface area contributed by atoms with Crippen LogP contribution in [0.2, 0.25) is 20.9 Å². The van der Waals surface area contributed by atoms with Crippen LogP contribution in [0.25, 0.3) is 0 Å². The maximum atomic E-state index is 2.75. The Balaban J connectivity index is 0. The zero-order chi connectivity index (χ0) is 16.3. The molecule has 0 bridgehead atoms. The molecule has 0 spiro atoms. The normalized spacial score (nSPS) is 16.6. The SMILES string of the molecule is CC1=[C]([Ti]([CH3])([CH3])([CH3])[CH3])CC=C1.CC=CC=CC.CNC. The molecular formula is C18H36NTi. The number of hydrogen-bond donors (Lipinski definition) is 1. The van der Waals surface area contributed by atoms with Crippen LogP contribution < -0.4 is 5.32 Å². The Kier molecular flexibility index (Phi) is 11.4. The molecule has 0 aromatic rings. The Bertz CT molecular complexity index is 357. The van der Waals surface area contributed by atoms with Crippen molar-refractivity contribution in [3.63, 3.8) is 0 Å². The molecule has 117 valence electrons. The van der Waals surface area contributed by atoms with E-state index in [2.05, 4.69) is 45.3 Å². The molecule has 0 unspecified atom stereocenters. The summed E-state index contributed by atoms with van der Waals surface area (Å²) < 4.78 is 1.77. The average Bonchev–Trinajstić information content (AvgIpc) is 2.74. The molecule has 0 heterocycles. The van der Waals surface area contributed by atoms with Crippen LogP contribution in [0.1, 0.15) is 27.2 Å². The van der Waals surface area contributed by atoms with Gasteiger partial charge >= 0.3 is 71.2 Å². The van der Waals surface area contributed by atoms with Crippen LogP contribution in [0.15, 0.2) is 45.9 Å². The van der Waals surface area contributed by atoms with Crippen molar-refractivity contribution in [2.75, 3.05) is 14.1 Å². The van der Waals surface area contributed by atoms with Gasteiger partial charge in [-0.2, -0.15) is 0 Å². The summed E-state index contributed by atoms with van der Waals surface area (Å²) in [5.74, 6) is 0. The summed E-state index contributed by atoms with van der Waals surface area (Å²) in [6.45, 7) is 6.25. The zero-order valence-electron chi connectivity index (χ0n) is 15.2. The van der Waals surface area contributed by atoms with Gasteiger partial charge in [0.1, 0.15) is 0 Å². The summed E-state index contributed by atoms with van der Waals surface area (Å²) in [7, 11) is 3.75. The predicted octanol–water partition coefficient (Wildman–Crippen LogP) is 6.08. The van der Waals surface area contributed by atoms with E-state index in [-0.39, 0.29) is 0 Å². The van der Waals surface area contributed by atoms with Gasteiger partial charge in [0.05, 0.1) is 0 Å². The first-order chi connectivity index (χ1) is 9.10. The molecule has 0 fully saturated rings. The third kappa shape index (κ3) is 11.5. The Morgan fingerprint density at radius 3 is 1.55 bits per heavy atom. The smallest absolute Gasteiger partial charge is 0.0167 e. The third-order valence-electron chi connectivity index (χ3n) is 2.87. The molecule has 0 amide bonds. The minimum atomic E-state index is -2.08. The van der Waals surface area contributed by atoms with Crippen molar-refractivity contribution in [2.24, 2.45) is 0 Å². The van der Waals surface area contributed by atoms with Gasteiger partial charge in [0.15, 0.2) is 0 Å². The minimum absolute atomic E-state index is 1.23. The molecular weight excluding hydrogens is 278 g/mol. The summed E-state index contributed by atoms with van der Waals surface area (Å²) in [6, 6.07) is 0. The van der Waals surface area contributed by atoms with Gasteiger partial charge in [0.25, 0.3) is 0 Å². The van der Waals surface area contributed by atoms with Crippen LogP contribution in [0.4, 0.5) is 0 Å². The number of nitrogens with one attached hydrogen (secondary N) is 1. The zero-order valence-corrected chi connectivity index (χ0v) is 16.7. The quantitative estimate of drug-likeness (QED) is 0.481. The molecule has 0 saturated heterocycles. The monoisotopic (exact) mass is 314 g/mol. The van der Waals surface area contributed by atoms with Gasteiger partial charge in [-0.3, -0.25) is 0 Å². The Labute approximate surface area is 128 Å². The maximum Gasteiger partial charge on any atom is -0.0167 e. The van der Waals surface area contributed by atoms with Crippen molar-refractivity contribution in [3.05, 3.63) is 45.9 Å². The maximum absolute atomic E-state index is 2.75. The fraction of sp³-hybridized carbons (Fsp3) is 0.556. The van der Waals surface area contributed by atoms with E-state index >= 15 is 0 Å². The summed E-state index contributed by atoms with van der Waals surface area (Å²) >= 11 is -2.08. The molecule has 0 saturated carbocycles. The molecule has 1 N–H and O–H groups in total. The van der Waals surface area contributed by atoms with Crippen LogP contribution in [-0.2, 0) is 15.3 Å².